The fourth-order valence-corrected chi connectivity index (χ4v) is 9.24. The Morgan fingerprint density at radius 2 is 0.597 bits per heavy atom. The molecule has 0 aromatic carbocycles. The van der Waals surface area contributed by atoms with E-state index in [0.717, 1.165) is 51.4 Å². The molecule has 0 aliphatic carbocycles. The molecular formula is C55H104O15P2. The first-order valence-corrected chi connectivity index (χ1v) is 31.3. The summed E-state index contributed by atoms with van der Waals surface area (Å²) in [5, 5.41) is 30.1. The summed E-state index contributed by atoms with van der Waals surface area (Å²) >= 11 is 0. The minimum absolute atomic E-state index is 0.195. The summed E-state index contributed by atoms with van der Waals surface area (Å²) < 4.78 is 53.2. The molecule has 0 rings (SSSR count). The standard InChI is InChI=1S/C55H104O15P2/c1-3-5-7-9-11-13-15-17-19-21-23-24-26-28-30-32-34-36-38-40-42-44-55(60)66-46-52(57)48-68-72(63,64)70-50-53(58)49-69-71(61,62)67-47-51(56)45-65-54(59)43-41-39-37-35-33-31-29-27-25-22-20-18-16-14-12-10-8-6-4-2/h11,13,17-20,51-53,56-58H,3-10,12,14-16,21-50H2,1-2H3,(H,61,62)(H,63,64)/b13-11-,19-17-,20-18+. The van der Waals surface area contributed by atoms with Crippen molar-refractivity contribution in [2.75, 3.05) is 39.6 Å². The maximum Gasteiger partial charge on any atom is 0.472 e. The smallest absolute Gasteiger partial charge is 0.463 e. The molecule has 0 heterocycles. The van der Waals surface area contributed by atoms with Crippen LogP contribution >= 0.6 is 15.6 Å². The number of phosphoric ester groups is 2. The van der Waals surface area contributed by atoms with Crippen molar-refractivity contribution in [1.82, 2.24) is 0 Å². The van der Waals surface area contributed by atoms with Crippen LogP contribution in [0.25, 0.3) is 0 Å². The maximum absolute atomic E-state index is 12.2. The van der Waals surface area contributed by atoms with Gasteiger partial charge in [0.1, 0.15) is 31.5 Å². The quantitative estimate of drug-likeness (QED) is 0.0165. The number of unbranched alkanes of at least 4 members (excludes halogenated alkanes) is 29. The van der Waals surface area contributed by atoms with Crippen LogP contribution in [-0.4, -0.2) is 95.0 Å². The molecule has 0 aromatic heterocycles. The average Bonchev–Trinajstić information content (AvgIpc) is 3.36. The summed E-state index contributed by atoms with van der Waals surface area (Å²) in [4.78, 5) is 43.9. The lowest BCUT2D eigenvalue weighted by atomic mass is 10.0. The van der Waals surface area contributed by atoms with Crippen LogP contribution in [0.2, 0.25) is 0 Å². The van der Waals surface area contributed by atoms with Gasteiger partial charge in [-0.1, -0.05) is 198 Å². The van der Waals surface area contributed by atoms with E-state index in [9.17, 15) is 43.8 Å². The molecule has 424 valence electrons. The summed E-state index contributed by atoms with van der Waals surface area (Å²) in [5.74, 6) is -0.992. The summed E-state index contributed by atoms with van der Waals surface area (Å²) in [6.45, 7) is 0.439. The normalized spacial score (nSPS) is 15.0. The molecule has 0 fully saturated rings. The molecular weight excluding hydrogens is 963 g/mol. The molecule has 5 N–H and O–H groups in total. The molecule has 0 amide bonds. The molecule has 0 aliphatic heterocycles. The van der Waals surface area contributed by atoms with Gasteiger partial charge in [0, 0.05) is 12.8 Å². The number of aliphatic hydroxyl groups is 3. The Morgan fingerprint density at radius 1 is 0.361 bits per heavy atom. The lowest BCUT2D eigenvalue weighted by molar-refractivity contribution is -0.148. The number of hydrogen-bond acceptors (Lipinski definition) is 13. The van der Waals surface area contributed by atoms with Crippen molar-refractivity contribution < 1.29 is 71.4 Å². The molecule has 0 aliphatic rings. The highest BCUT2D eigenvalue weighted by atomic mass is 31.2. The second-order valence-electron chi connectivity index (χ2n) is 19.3. The number of ether oxygens (including phenoxy) is 2. The van der Waals surface area contributed by atoms with E-state index in [1.165, 1.54) is 154 Å². The number of hydrogen-bond donors (Lipinski definition) is 5. The first-order chi connectivity index (χ1) is 34.8. The lowest BCUT2D eigenvalue weighted by Crippen LogP contribution is -2.25. The van der Waals surface area contributed by atoms with Crippen molar-refractivity contribution in [2.24, 2.45) is 0 Å². The van der Waals surface area contributed by atoms with Gasteiger partial charge in [-0.05, 0) is 70.6 Å². The van der Waals surface area contributed by atoms with Gasteiger partial charge in [0.15, 0.2) is 0 Å². The molecule has 0 radical (unpaired) electrons. The molecule has 17 heteroatoms. The Labute approximate surface area is 436 Å². The third-order valence-corrected chi connectivity index (χ3v) is 14.0. The zero-order valence-corrected chi connectivity index (χ0v) is 46.9. The number of allylic oxidation sites excluding steroid dienone is 6. The first kappa shape index (κ1) is 70.3. The number of carbonyl (C=O) groups excluding carboxylic acids is 2. The van der Waals surface area contributed by atoms with E-state index in [0.29, 0.717) is 12.8 Å². The van der Waals surface area contributed by atoms with Crippen molar-refractivity contribution in [2.45, 2.75) is 263 Å². The third-order valence-electron chi connectivity index (χ3n) is 12.1. The molecule has 0 saturated heterocycles. The first-order valence-electron chi connectivity index (χ1n) is 28.3. The van der Waals surface area contributed by atoms with Gasteiger partial charge in [0.05, 0.1) is 26.4 Å². The van der Waals surface area contributed by atoms with Crippen molar-refractivity contribution >= 4 is 27.6 Å². The number of phosphoric acid groups is 2. The Bertz CT molecular complexity index is 1430. The van der Waals surface area contributed by atoms with Gasteiger partial charge in [-0.25, -0.2) is 9.13 Å². The van der Waals surface area contributed by atoms with Gasteiger partial charge < -0.3 is 34.6 Å². The van der Waals surface area contributed by atoms with Crippen LogP contribution in [0.5, 0.6) is 0 Å². The van der Waals surface area contributed by atoms with Crippen LogP contribution in [0, 0.1) is 0 Å². The van der Waals surface area contributed by atoms with E-state index in [-0.39, 0.29) is 12.8 Å². The Balaban J connectivity index is 3.81. The van der Waals surface area contributed by atoms with E-state index >= 15 is 0 Å². The number of rotatable bonds is 55. The summed E-state index contributed by atoms with van der Waals surface area (Å²) in [6, 6.07) is 0. The average molecular weight is 1070 g/mol. The second kappa shape index (κ2) is 51.4. The van der Waals surface area contributed by atoms with E-state index in [1.807, 2.05) is 0 Å². The monoisotopic (exact) mass is 1070 g/mol. The largest absolute Gasteiger partial charge is 0.472 e. The van der Waals surface area contributed by atoms with Gasteiger partial charge >= 0.3 is 27.6 Å². The van der Waals surface area contributed by atoms with Crippen molar-refractivity contribution in [3.63, 3.8) is 0 Å². The molecule has 0 bridgehead atoms. The third kappa shape index (κ3) is 53.1. The van der Waals surface area contributed by atoms with Crippen LogP contribution in [0.1, 0.15) is 245 Å². The predicted octanol–water partition coefficient (Wildman–Crippen LogP) is 14.2. The Morgan fingerprint density at radius 3 is 0.917 bits per heavy atom. The molecule has 0 saturated carbocycles. The van der Waals surface area contributed by atoms with E-state index in [2.05, 4.69) is 59.4 Å². The van der Waals surface area contributed by atoms with Crippen molar-refractivity contribution in [3.05, 3.63) is 36.5 Å². The minimum atomic E-state index is -4.79. The summed E-state index contributed by atoms with van der Waals surface area (Å²) in [6.07, 6.45) is 49.8. The topological polar surface area (TPSA) is 225 Å². The van der Waals surface area contributed by atoms with Gasteiger partial charge in [-0.15, -0.1) is 0 Å². The highest BCUT2D eigenvalue weighted by molar-refractivity contribution is 7.47. The second-order valence-corrected chi connectivity index (χ2v) is 22.2. The maximum atomic E-state index is 12.2. The Hall–Kier alpha value is -1.74. The fraction of sp³-hybridized carbons (Fsp3) is 0.855. The van der Waals surface area contributed by atoms with Crippen LogP contribution in [-0.2, 0) is 46.3 Å². The zero-order valence-electron chi connectivity index (χ0n) is 45.1. The van der Waals surface area contributed by atoms with E-state index in [1.54, 1.807) is 0 Å². The van der Waals surface area contributed by atoms with Crippen molar-refractivity contribution in [3.8, 4) is 0 Å². The SMILES string of the molecule is CCCCC/C=C\C/C=C\CCCCCCCCCCCCCC(=O)OCC(O)COP(=O)(O)OCC(O)COP(=O)(O)OCC(O)COC(=O)CCCCCCCCCCC/C=C/CCCCCCCC. The zero-order chi connectivity index (χ0) is 53.1. The molecule has 0 spiro atoms. The Kier molecular flexibility index (Phi) is 50.1. The molecule has 0 aromatic rings. The van der Waals surface area contributed by atoms with Gasteiger partial charge in [0.2, 0.25) is 0 Å². The summed E-state index contributed by atoms with van der Waals surface area (Å²) in [5.41, 5.74) is 0. The van der Waals surface area contributed by atoms with Crippen LogP contribution in [0.15, 0.2) is 36.5 Å². The summed E-state index contributed by atoms with van der Waals surface area (Å²) in [7, 11) is -9.58. The van der Waals surface area contributed by atoms with Crippen LogP contribution in [0.3, 0.4) is 0 Å². The number of esters is 2. The van der Waals surface area contributed by atoms with Crippen LogP contribution in [0.4, 0.5) is 0 Å². The highest BCUT2D eigenvalue weighted by Gasteiger charge is 2.28. The van der Waals surface area contributed by atoms with E-state index in [4.69, 9.17) is 18.5 Å². The van der Waals surface area contributed by atoms with Gasteiger partial charge in [-0.2, -0.15) is 0 Å². The van der Waals surface area contributed by atoms with Gasteiger partial charge in [0.25, 0.3) is 0 Å². The van der Waals surface area contributed by atoms with Crippen molar-refractivity contribution in [1.29, 1.82) is 0 Å². The highest BCUT2D eigenvalue weighted by Crippen LogP contribution is 2.45. The molecule has 5 atom stereocenters. The molecule has 5 unspecified atom stereocenters. The molecule has 15 nitrogen and oxygen atoms in total. The fourth-order valence-electron chi connectivity index (χ4n) is 7.65. The number of aliphatic hydroxyl groups excluding tert-OH is 3. The lowest BCUT2D eigenvalue weighted by Gasteiger charge is -2.19. The molecule has 72 heavy (non-hydrogen) atoms. The number of carbonyl (C=O) groups is 2. The van der Waals surface area contributed by atoms with Crippen LogP contribution < -0.4 is 0 Å². The van der Waals surface area contributed by atoms with Gasteiger partial charge in [-0.3, -0.25) is 27.7 Å². The minimum Gasteiger partial charge on any atom is -0.463 e. The van der Waals surface area contributed by atoms with E-state index < -0.39 is 85.5 Å². The predicted molar refractivity (Wildman–Crippen MR) is 288 cm³/mol.